The van der Waals surface area contributed by atoms with Crippen molar-refractivity contribution in [2.45, 2.75) is 43.5 Å². The van der Waals surface area contributed by atoms with Gasteiger partial charge < -0.3 is 43.8 Å². The number of methoxy groups -OCH3 is 2. The van der Waals surface area contributed by atoms with Gasteiger partial charge in [0, 0.05) is 30.2 Å². The highest BCUT2D eigenvalue weighted by Gasteiger charge is 2.54. The lowest BCUT2D eigenvalue weighted by molar-refractivity contribution is -0.318. The van der Waals surface area contributed by atoms with Gasteiger partial charge in [-0.2, -0.15) is 0 Å². The van der Waals surface area contributed by atoms with Crippen molar-refractivity contribution in [3.8, 4) is 28.6 Å². The lowest BCUT2D eigenvalue weighted by Gasteiger charge is -2.47. The van der Waals surface area contributed by atoms with E-state index in [0.29, 0.717) is 22.8 Å². The van der Waals surface area contributed by atoms with E-state index in [2.05, 4.69) is 0 Å². The van der Waals surface area contributed by atoms with Crippen LogP contribution in [0.2, 0.25) is 0 Å². The molecule has 5 rings (SSSR count). The highest BCUT2D eigenvalue weighted by molar-refractivity contribution is 5.86. The van der Waals surface area contributed by atoms with Crippen molar-refractivity contribution < 1.29 is 43.8 Å². The molecule has 3 aromatic carbocycles. The van der Waals surface area contributed by atoms with Gasteiger partial charge >= 0.3 is 0 Å². The van der Waals surface area contributed by atoms with Crippen molar-refractivity contribution >= 4 is 11.0 Å². The lowest BCUT2D eigenvalue weighted by atomic mass is 9.81. The molecule has 1 fully saturated rings. The molecule has 4 N–H and O–H groups in total. The van der Waals surface area contributed by atoms with Gasteiger partial charge in [0.05, 0.1) is 20.8 Å². The number of hydrogen-bond donors (Lipinski definition) is 4. The number of aryl methyl sites for hydroxylation is 1. The minimum Gasteiger partial charge on any atom is -0.497 e. The molecule has 4 aromatic rings. The quantitative estimate of drug-likeness (QED) is 0.252. The second-order valence-corrected chi connectivity index (χ2v) is 10.1. The topological polar surface area (TPSA) is 148 Å². The largest absolute Gasteiger partial charge is 0.497 e. The molecule has 0 amide bonds. The van der Waals surface area contributed by atoms with E-state index < -0.39 is 42.2 Å². The van der Waals surface area contributed by atoms with Crippen LogP contribution in [0.15, 0.2) is 75.9 Å². The zero-order chi connectivity index (χ0) is 29.3. The molecular weight excluding hydrogens is 532 g/mol. The molecule has 1 aliphatic heterocycles. The summed E-state index contributed by atoms with van der Waals surface area (Å²) in [7, 11) is 2.99. The van der Waals surface area contributed by atoms with Gasteiger partial charge in [-0.15, -0.1) is 0 Å². The molecule has 10 nitrogen and oxygen atoms in total. The van der Waals surface area contributed by atoms with Crippen LogP contribution in [0.25, 0.3) is 22.3 Å². The maximum atomic E-state index is 13.4. The van der Waals surface area contributed by atoms with Crippen LogP contribution in [0.3, 0.4) is 0 Å². The van der Waals surface area contributed by atoms with Crippen LogP contribution in [0.5, 0.6) is 17.2 Å². The Morgan fingerprint density at radius 2 is 1.61 bits per heavy atom. The number of fused-ring (bicyclic) bond motifs is 1. The highest BCUT2D eigenvalue weighted by Crippen LogP contribution is 2.38. The highest BCUT2D eigenvalue weighted by atomic mass is 16.7. The molecule has 5 atom stereocenters. The number of aliphatic hydroxyl groups is 4. The Kier molecular flexibility index (Phi) is 8.03. The van der Waals surface area contributed by atoms with Gasteiger partial charge in [0.25, 0.3) is 0 Å². The third kappa shape index (κ3) is 5.40. The first-order valence-electron chi connectivity index (χ1n) is 13.0. The fourth-order valence-corrected chi connectivity index (χ4v) is 5.05. The van der Waals surface area contributed by atoms with E-state index in [4.69, 9.17) is 23.4 Å². The molecule has 216 valence electrons. The van der Waals surface area contributed by atoms with Crippen molar-refractivity contribution in [3.63, 3.8) is 0 Å². The molecule has 0 bridgehead atoms. The maximum Gasteiger partial charge on any atom is 0.229 e. The Morgan fingerprint density at radius 3 is 2.27 bits per heavy atom. The first-order chi connectivity index (χ1) is 19.7. The van der Waals surface area contributed by atoms with Crippen molar-refractivity contribution in [1.82, 2.24) is 0 Å². The van der Waals surface area contributed by atoms with Crippen molar-refractivity contribution in [1.29, 1.82) is 0 Å². The van der Waals surface area contributed by atoms with E-state index in [0.717, 1.165) is 11.1 Å². The summed E-state index contributed by atoms with van der Waals surface area (Å²) in [5.74, 6) is 1.20. The molecule has 0 aliphatic carbocycles. The molecule has 1 unspecified atom stereocenters. The molecule has 2 heterocycles. The summed E-state index contributed by atoms with van der Waals surface area (Å²) >= 11 is 0. The smallest absolute Gasteiger partial charge is 0.229 e. The average molecular weight is 565 g/mol. The molecule has 0 radical (unpaired) electrons. The monoisotopic (exact) mass is 564 g/mol. The Labute approximate surface area is 235 Å². The van der Waals surface area contributed by atoms with E-state index >= 15 is 0 Å². The molecular formula is C31H32O10. The number of benzene rings is 3. The normalized spacial score (nSPS) is 24.3. The van der Waals surface area contributed by atoms with E-state index in [1.807, 2.05) is 31.2 Å². The average Bonchev–Trinajstić information content (AvgIpc) is 2.99. The second kappa shape index (κ2) is 11.5. The lowest BCUT2D eigenvalue weighted by Crippen LogP contribution is -2.67. The maximum absolute atomic E-state index is 13.4. The Balaban J connectivity index is 1.54. The molecule has 41 heavy (non-hydrogen) atoms. The van der Waals surface area contributed by atoms with Gasteiger partial charge in [-0.3, -0.25) is 4.79 Å². The summed E-state index contributed by atoms with van der Waals surface area (Å²) in [6.45, 7) is 1.19. The summed E-state index contributed by atoms with van der Waals surface area (Å²) in [6.07, 6.45) is -6.62. The first-order valence-corrected chi connectivity index (χ1v) is 13.0. The zero-order valence-corrected chi connectivity index (χ0v) is 22.8. The number of hydrogen-bond acceptors (Lipinski definition) is 10. The van der Waals surface area contributed by atoms with Crippen LogP contribution >= 0.6 is 0 Å². The van der Waals surface area contributed by atoms with E-state index in [1.54, 1.807) is 31.4 Å². The van der Waals surface area contributed by atoms with Crippen molar-refractivity contribution in [2.24, 2.45) is 0 Å². The summed E-state index contributed by atoms with van der Waals surface area (Å²) in [5, 5.41) is 43.0. The molecule has 0 saturated carbocycles. The van der Waals surface area contributed by atoms with Crippen LogP contribution < -0.4 is 19.6 Å². The van der Waals surface area contributed by atoms with Crippen molar-refractivity contribution in [3.05, 3.63) is 88.1 Å². The predicted octanol–water partition coefficient (Wildman–Crippen LogP) is 2.58. The second-order valence-electron chi connectivity index (χ2n) is 10.1. The molecule has 1 saturated heterocycles. The minimum atomic E-state index is -1.72. The third-order valence-electron chi connectivity index (χ3n) is 7.48. The van der Waals surface area contributed by atoms with Gasteiger partial charge in [-0.05, 0) is 42.3 Å². The Hall–Kier alpha value is -3.93. The molecule has 1 aromatic heterocycles. The van der Waals surface area contributed by atoms with E-state index in [-0.39, 0.29) is 23.1 Å². The minimum absolute atomic E-state index is 0.0210. The van der Waals surface area contributed by atoms with Gasteiger partial charge in [0.2, 0.25) is 6.29 Å². The summed E-state index contributed by atoms with van der Waals surface area (Å²) in [4.78, 5) is 13.4. The summed E-state index contributed by atoms with van der Waals surface area (Å²) in [5.41, 5.74) is 0.295. The number of rotatable bonds is 8. The van der Waals surface area contributed by atoms with Crippen LogP contribution in [0, 0.1) is 6.92 Å². The van der Waals surface area contributed by atoms with E-state index in [1.165, 1.54) is 25.3 Å². The predicted molar refractivity (Wildman–Crippen MR) is 149 cm³/mol. The van der Waals surface area contributed by atoms with Gasteiger partial charge in [-0.25, -0.2) is 0 Å². The van der Waals surface area contributed by atoms with E-state index in [9.17, 15) is 25.2 Å². The number of ether oxygens (including phenoxy) is 4. The van der Waals surface area contributed by atoms with Crippen molar-refractivity contribution in [2.75, 3.05) is 20.8 Å². The van der Waals surface area contributed by atoms with Crippen LogP contribution in [0.1, 0.15) is 11.1 Å². The van der Waals surface area contributed by atoms with Gasteiger partial charge in [0.15, 0.2) is 5.43 Å². The fraction of sp³-hybridized carbons (Fsp3) is 0.323. The van der Waals surface area contributed by atoms with Crippen LogP contribution in [-0.2, 0) is 11.2 Å². The summed E-state index contributed by atoms with van der Waals surface area (Å²) < 4.78 is 28.7. The fourth-order valence-electron chi connectivity index (χ4n) is 5.05. The van der Waals surface area contributed by atoms with Gasteiger partial charge in [-0.1, -0.05) is 24.3 Å². The van der Waals surface area contributed by atoms with Crippen LogP contribution in [0.4, 0.5) is 0 Å². The SMILES string of the molecule is COc1ccc(-c2cc(=O)c3c(OC4O[C@@](CO)(Cc5ccccc5C)[C@@H](O)[C@H](O)[C@H]4O)cc(OC)cc3o2)cc1. The molecule has 1 aliphatic rings. The molecule has 0 spiro atoms. The third-order valence-corrected chi connectivity index (χ3v) is 7.48. The standard InChI is InChI=1S/C31H32O10/c1-17-6-4-5-7-19(17)15-31(16-32)29(36)27(34)28(35)30(41-31)40-25-13-21(38-3)12-24-26(25)22(33)14-23(39-24)18-8-10-20(37-2)11-9-18/h4-14,27-30,32,34-36H,15-16H2,1-3H3/t27-,28-,29+,30?,31-/m1/s1. The summed E-state index contributed by atoms with van der Waals surface area (Å²) in [6, 6.07) is 18.6. The van der Waals surface area contributed by atoms with Gasteiger partial charge in [0.1, 0.15) is 57.9 Å². The Bertz CT molecular complexity index is 1580. The zero-order valence-electron chi connectivity index (χ0n) is 22.8. The first kappa shape index (κ1) is 28.6. The number of aliphatic hydroxyl groups excluding tert-OH is 4. The van der Waals surface area contributed by atoms with Crippen LogP contribution in [-0.4, -0.2) is 71.5 Å². The molecule has 10 heteroatoms. The Morgan fingerprint density at radius 1 is 0.902 bits per heavy atom.